The van der Waals surface area contributed by atoms with Gasteiger partial charge in [-0.2, -0.15) is 0 Å². The van der Waals surface area contributed by atoms with Crippen LogP contribution in [0.25, 0.3) is 0 Å². The van der Waals surface area contributed by atoms with Gasteiger partial charge in [-0.05, 0) is 24.1 Å². The first-order valence-corrected chi connectivity index (χ1v) is 5.69. The number of carbonyl (C=O) groups excluding carboxylic acids is 3. The van der Waals surface area contributed by atoms with E-state index in [0.29, 0.717) is 24.4 Å². The Morgan fingerprint density at radius 2 is 2.21 bits per heavy atom. The fraction of sp³-hybridized carbons (Fsp3) is 0.250. The van der Waals surface area contributed by atoms with Gasteiger partial charge in [-0.1, -0.05) is 6.07 Å². The van der Waals surface area contributed by atoms with Gasteiger partial charge in [-0.15, -0.1) is 0 Å². The van der Waals surface area contributed by atoms with Gasteiger partial charge in [0.05, 0.1) is 5.69 Å². The molecule has 2 rings (SSSR count). The Balaban J connectivity index is 1.94. The molecule has 3 amide bonds. The van der Waals surface area contributed by atoms with E-state index in [9.17, 15) is 14.4 Å². The molecule has 0 unspecified atom stereocenters. The Labute approximate surface area is 109 Å². The Morgan fingerprint density at radius 3 is 2.95 bits per heavy atom. The fourth-order valence-electron chi connectivity index (χ4n) is 1.68. The predicted molar refractivity (Wildman–Crippen MR) is 66.5 cm³/mol. The number of fused-ring (bicyclic) bond motifs is 1. The standard InChI is InChI=1S/C12H13N3O4/c13-11(17)12(18)14-4-3-7-1-2-8-9(5-7)19-6-10(16)15-8/h1-2,5H,3-4,6H2,(H2,13,17)(H,14,18)(H,15,16). The highest BCUT2D eigenvalue weighted by Crippen LogP contribution is 2.28. The highest BCUT2D eigenvalue weighted by atomic mass is 16.5. The smallest absolute Gasteiger partial charge is 0.309 e. The predicted octanol–water partition coefficient (Wildman–Crippen LogP) is -0.838. The van der Waals surface area contributed by atoms with Crippen molar-refractivity contribution >= 4 is 23.4 Å². The van der Waals surface area contributed by atoms with Crippen molar-refractivity contribution in [3.63, 3.8) is 0 Å². The van der Waals surface area contributed by atoms with Crippen molar-refractivity contribution in [1.29, 1.82) is 0 Å². The van der Waals surface area contributed by atoms with E-state index in [1.54, 1.807) is 12.1 Å². The average molecular weight is 263 g/mol. The SMILES string of the molecule is NC(=O)C(=O)NCCc1ccc2c(c1)OCC(=O)N2. The summed E-state index contributed by atoms with van der Waals surface area (Å²) >= 11 is 0. The number of amides is 3. The first-order valence-electron chi connectivity index (χ1n) is 5.69. The Bertz CT molecular complexity index is 542. The van der Waals surface area contributed by atoms with Crippen molar-refractivity contribution < 1.29 is 19.1 Å². The molecule has 1 aliphatic heterocycles. The third-order valence-corrected chi connectivity index (χ3v) is 2.60. The van der Waals surface area contributed by atoms with Crippen LogP contribution in [-0.2, 0) is 20.8 Å². The van der Waals surface area contributed by atoms with Crippen LogP contribution in [0, 0.1) is 0 Å². The van der Waals surface area contributed by atoms with E-state index in [4.69, 9.17) is 10.5 Å². The summed E-state index contributed by atoms with van der Waals surface area (Å²) in [5.74, 6) is -1.40. The quantitative estimate of drug-likeness (QED) is 0.617. The minimum atomic E-state index is -1.00. The molecule has 1 aliphatic rings. The first kappa shape index (κ1) is 12.9. The highest BCUT2D eigenvalue weighted by molar-refractivity contribution is 6.34. The molecule has 1 heterocycles. The maximum atomic E-state index is 11.1. The van der Waals surface area contributed by atoms with E-state index in [-0.39, 0.29) is 12.5 Å². The second-order valence-corrected chi connectivity index (χ2v) is 4.04. The van der Waals surface area contributed by atoms with Gasteiger partial charge in [-0.25, -0.2) is 0 Å². The van der Waals surface area contributed by atoms with Crippen LogP contribution < -0.4 is 21.1 Å². The van der Waals surface area contributed by atoms with Crippen LogP contribution in [0.4, 0.5) is 5.69 Å². The lowest BCUT2D eigenvalue weighted by Gasteiger charge is -2.18. The van der Waals surface area contributed by atoms with Gasteiger partial charge in [-0.3, -0.25) is 14.4 Å². The summed E-state index contributed by atoms with van der Waals surface area (Å²) in [7, 11) is 0. The zero-order chi connectivity index (χ0) is 13.8. The van der Waals surface area contributed by atoms with Crippen molar-refractivity contribution in [2.45, 2.75) is 6.42 Å². The lowest BCUT2D eigenvalue weighted by atomic mass is 10.1. The molecule has 100 valence electrons. The van der Waals surface area contributed by atoms with E-state index in [0.717, 1.165) is 5.56 Å². The van der Waals surface area contributed by atoms with Gasteiger partial charge in [0.1, 0.15) is 5.75 Å². The molecule has 0 aliphatic carbocycles. The first-order chi connectivity index (χ1) is 9.06. The second-order valence-electron chi connectivity index (χ2n) is 4.04. The minimum absolute atomic E-state index is 0.00509. The van der Waals surface area contributed by atoms with Crippen molar-refractivity contribution in [2.24, 2.45) is 5.73 Å². The summed E-state index contributed by atoms with van der Waals surface area (Å²) in [6.45, 7) is 0.293. The molecular weight excluding hydrogens is 250 g/mol. The maximum Gasteiger partial charge on any atom is 0.309 e. The fourth-order valence-corrected chi connectivity index (χ4v) is 1.68. The number of carbonyl (C=O) groups is 3. The Hall–Kier alpha value is -2.57. The normalized spacial score (nSPS) is 12.9. The van der Waals surface area contributed by atoms with Gasteiger partial charge in [0, 0.05) is 6.54 Å². The van der Waals surface area contributed by atoms with Gasteiger partial charge in [0.2, 0.25) is 0 Å². The van der Waals surface area contributed by atoms with Crippen molar-refractivity contribution in [3.05, 3.63) is 23.8 Å². The van der Waals surface area contributed by atoms with Gasteiger partial charge in [0.25, 0.3) is 5.91 Å². The molecule has 1 aromatic carbocycles. The second kappa shape index (κ2) is 5.38. The van der Waals surface area contributed by atoms with E-state index < -0.39 is 11.8 Å². The van der Waals surface area contributed by atoms with Crippen LogP contribution in [0.1, 0.15) is 5.56 Å². The summed E-state index contributed by atoms with van der Waals surface area (Å²) in [5.41, 5.74) is 6.35. The minimum Gasteiger partial charge on any atom is -0.482 e. The number of primary amides is 1. The molecule has 4 N–H and O–H groups in total. The summed E-state index contributed by atoms with van der Waals surface area (Å²) in [5, 5.41) is 5.08. The van der Waals surface area contributed by atoms with Crippen LogP contribution in [0.2, 0.25) is 0 Å². The molecule has 0 saturated heterocycles. The molecule has 0 spiro atoms. The number of nitrogens with two attached hydrogens (primary N) is 1. The summed E-state index contributed by atoms with van der Waals surface area (Å²) < 4.78 is 5.27. The summed E-state index contributed by atoms with van der Waals surface area (Å²) in [6.07, 6.45) is 0.531. The molecular formula is C12H13N3O4. The van der Waals surface area contributed by atoms with Crippen LogP contribution in [0.5, 0.6) is 5.75 Å². The molecule has 0 fully saturated rings. The van der Waals surface area contributed by atoms with Crippen LogP contribution in [0.15, 0.2) is 18.2 Å². The van der Waals surface area contributed by atoms with Crippen LogP contribution in [-0.4, -0.2) is 30.9 Å². The van der Waals surface area contributed by atoms with E-state index in [1.807, 2.05) is 6.07 Å². The molecule has 0 aromatic heterocycles. The van der Waals surface area contributed by atoms with Crippen molar-refractivity contribution in [3.8, 4) is 5.75 Å². The molecule has 0 atom stereocenters. The number of nitrogens with one attached hydrogen (secondary N) is 2. The Kier molecular flexibility index (Phi) is 3.65. The van der Waals surface area contributed by atoms with Gasteiger partial charge < -0.3 is 21.1 Å². The largest absolute Gasteiger partial charge is 0.482 e. The number of hydrogen-bond donors (Lipinski definition) is 3. The topological polar surface area (TPSA) is 111 Å². The maximum absolute atomic E-state index is 11.1. The molecule has 0 saturated carbocycles. The summed E-state index contributed by atoms with van der Waals surface area (Å²) in [6, 6.07) is 5.33. The highest BCUT2D eigenvalue weighted by Gasteiger charge is 2.15. The lowest BCUT2D eigenvalue weighted by molar-refractivity contribution is -0.137. The Morgan fingerprint density at radius 1 is 1.42 bits per heavy atom. The molecule has 7 heteroatoms. The third-order valence-electron chi connectivity index (χ3n) is 2.60. The van der Waals surface area contributed by atoms with Crippen molar-refractivity contribution in [2.75, 3.05) is 18.5 Å². The molecule has 19 heavy (non-hydrogen) atoms. The van der Waals surface area contributed by atoms with E-state index in [2.05, 4.69) is 10.6 Å². The lowest BCUT2D eigenvalue weighted by Crippen LogP contribution is -2.37. The van der Waals surface area contributed by atoms with Crippen LogP contribution in [0.3, 0.4) is 0 Å². The number of benzene rings is 1. The molecule has 1 aromatic rings. The molecule has 7 nitrogen and oxygen atoms in total. The number of anilines is 1. The summed E-state index contributed by atoms with van der Waals surface area (Å²) in [4.78, 5) is 32.6. The zero-order valence-electron chi connectivity index (χ0n) is 10.1. The molecule has 0 radical (unpaired) electrons. The van der Waals surface area contributed by atoms with Crippen molar-refractivity contribution in [1.82, 2.24) is 5.32 Å². The number of hydrogen-bond acceptors (Lipinski definition) is 4. The van der Waals surface area contributed by atoms with Gasteiger partial charge >= 0.3 is 11.8 Å². The van der Waals surface area contributed by atoms with Crippen LogP contribution >= 0.6 is 0 Å². The zero-order valence-corrected chi connectivity index (χ0v) is 10.1. The molecule has 0 bridgehead atoms. The monoisotopic (exact) mass is 263 g/mol. The van der Waals surface area contributed by atoms with E-state index in [1.165, 1.54) is 0 Å². The third kappa shape index (κ3) is 3.21. The number of ether oxygens (including phenoxy) is 1. The average Bonchev–Trinajstić information content (AvgIpc) is 2.38. The van der Waals surface area contributed by atoms with Gasteiger partial charge in [0.15, 0.2) is 6.61 Å². The van der Waals surface area contributed by atoms with E-state index >= 15 is 0 Å². The number of rotatable bonds is 3.